The summed E-state index contributed by atoms with van der Waals surface area (Å²) >= 11 is 1.69. The van der Waals surface area contributed by atoms with Crippen LogP contribution in [0.15, 0.2) is 5.38 Å². The van der Waals surface area contributed by atoms with Gasteiger partial charge in [-0.2, -0.15) is 0 Å². The zero-order chi connectivity index (χ0) is 13.8. The SMILES string of the molecule is CCN(CC)C(C)(C)C(Cc1csc(C)n1)NN. The van der Waals surface area contributed by atoms with Crippen LogP contribution in [0.5, 0.6) is 0 Å². The summed E-state index contributed by atoms with van der Waals surface area (Å²) in [6.07, 6.45) is 0.865. The van der Waals surface area contributed by atoms with E-state index in [4.69, 9.17) is 5.84 Å². The first-order chi connectivity index (χ1) is 8.45. The Morgan fingerprint density at radius 1 is 1.44 bits per heavy atom. The number of rotatable bonds is 7. The van der Waals surface area contributed by atoms with Crippen LogP contribution in [0.25, 0.3) is 0 Å². The van der Waals surface area contributed by atoms with Gasteiger partial charge in [-0.25, -0.2) is 4.98 Å². The van der Waals surface area contributed by atoms with E-state index in [9.17, 15) is 0 Å². The van der Waals surface area contributed by atoms with E-state index in [-0.39, 0.29) is 11.6 Å². The molecule has 0 amide bonds. The lowest BCUT2D eigenvalue weighted by molar-refractivity contribution is 0.0909. The van der Waals surface area contributed by atoms with Gasteiger partial charge in [-0.15, -0.1) is 11.3 Å². The van der Waals surface area contributed by atoms with Crippen LogP contribution < -0.4 is 11.3 Å². The molecule has 1 atom stereocenters. The topological polar surface area (TPSA) is 54.2 Å². The molecule has 4 nitrogen and oxygen atoms in total. The number of aryl methyl sites for hydroxylation is 1. The molecular weight excluding hydrogens is 244 g/mol. The van der Waals surface area contributed by atoms with Crippen molar-refractivity contribution in [2.75, 3.05) is 13.1 Å². The van der Waals surface area contributed by atoms with Crippen LogP contribution in [-0.2, 0) is 6.42 Å². The van der Waals surface area contributed by atoms with Gasteiger partial charge in [0.25, 0.3) is 0 Å². The first-order valence-electron chi connectivity index (χ1n) is 6.57. The molecular formula is C13H26N4S. The number of hydrazine groups is 1. The Balaban J connectivity index is 2.81. The minimum atomic E-state index is 0.00969. The van der Waals surface area contributed by atoms with Crippen molar-refractivity contribution in [3.63, 3.8) is 0 Å². The summed E-state index contributed by atoms with van der Waals surface area (Å²) in [5.41, 5.74) is 4.11. The summed E-state index contributed by atoms with van der Waals surface area (Å²) in [6.45, 7) is 12.9. The highest BCUT2D eigenvalue weighted by molar-refractivity contribution is 7.09. The molecule has 18 heavy (non-hydrogen) atoms. The summed E-state index contributed by atoms with van der Waals surface area (Å²) in [6, 6.07) is 0.193. The van der Waals surface area contributed by atoms with Gasteiger partial charge in [0.05, 0.1) is 10.7 Å². The third-order valence-corrected chi connectivity index (χ3v) is 4.53. The Labute approximate surface area is 115 Å². The van der Waals surface area contributed by atoms with Gasteiger partial charge in [0.2, 0.25) is 0 Å². The molecule has 0 aliphatic carbocycles. The molecule has 0 radical (unpaired) electrons. The van der Waals surface area contributed by atoms with Crippen LogP contribution in [0.1, 0.15) is 38.4 Å². The van der Waals surface area contributed by atoms with Gasteiger partial charge in [0.1, 0.15) is 0 Å². The van der Waals surface area contributed by atoms with E-state index in [2.05, 4.69) is 48.4 Å². The van der Waals surface area contributed by atoms with Crippen molar-refractivity contribution >= 4 is 11.3 Å². The normalized spacial score (nSPS) is 14.2. The lowest BCUT2D eigenvalue weighted by Crippen LogP contribution is -2.60. The van der Waals surface area contributed by atoms with Crippen molar-refractivity contribution in [1.82, 2.24) is 15.3 Å². The fourth-order valence-electron chi connectivity index (χ4n) is 2.48. The van der Waals surface area contributed by atoms with Crippen LogP contribution in [0.4, 0.5) is 0 Å². The van der Waals surface area contributed by atoms with Crippen molar-refractivity contribution < 1.29 is 0 Å². The molecule has 0 saturated heterocycles. The number of nitrogens with zero attached hydrogens (tertiary/aromatic N) is 2. The zero-order valence-electron chi connectivity index (χ0n) is 12.2. The Hall–Kier alpha value is -0.490. The molecule has 0 spiro atoms. The van der Waals surface area contributed by atoms with Crippen molar-refractivity contribution in [2.24, 2.45) is 5.84 Å². The number of hydrogen-bond acceptors (Lipinski definition) is 5. The molecule has 1 unspecified atom stereocenters. The second-order valence-corrected chi connectivity index (χ2v) is 6.17. The Bertz CT molecular complexity index is 358. The molecule has 1 aromatic heterocycles. The molecule has 1 aromatic rings. The van der Waals surface area contributed by atoms with Gasteiger partial charge < -0.3 is 0 Å². The van der Waals surface area contributed by atoms with Crippen molar-refractivity contribution in [2.45, 2.75) is 52.6 Å². The highest BCUT2D eigenvalue weighted by Crippen LogP contribution is 2.22. The molecule has 0 fully saturated rings. The summed E-state index contributed by atoms with van der Waals surface area (Å²) in [5.74, 6) is 5.76. The molecule has 1 heterocycles. The summed E-state index contributed by atoms with van der Waals surface area (Å²) in [7, 11) is 0. The maximum absolute atomic E-state index is 5.76. The van der Waals surface area contributed by atoms with E-state index >= 15 is 0 Å². The smallest absolute Gasteiger partial charge is 0.0897 e. The van der Waals surface area contributed by atoms with E-state index < -0.39 is 0 Å². The second kappa shape index (κ2) is 6.61. The summed E-state index contributed by atoms with van der Waals surface area (Å²) in [5, 5.41) is 3.24. The third kappa shape index (κ3) is 3.51. The highest BCUT2D eigenvalue weighted by atomic mass is 32.1. The van der Waals surface area contributed by atoms with E-state index in [1.165, 1.54) is 0 Å². The lowest BCUT2D eigenvalue weighted by atomic mass is 9.89. The predicted molar refractivity (Wildman–Crippen MR) is 78.7 cm³/mol. The number of nitrogens with two attached hydrogens (primary N) is 1. The van der Waals surface area contributed by atoms with Crippen molar-refractivity contribution in [1.29, 1.82) is 0 Å². The molecule has 0 bridgehead atoms. The van der Waals surface area contributed by atoms with E-state index in [1.807, 2.05) is 6.92 Å². The average molecular weight is 270 g/mol. The molecule has 1 rings (SSSR count). The molecule has 104 valence electrons. The standard InChI is InChI=1S/C13H26N4S/c1-6-17(7-2)13(4,5)12(16-14)8-11-9-18-10(3)15-11/h9,12,16H,6-8,14H2,1-5H3. The fraction of sp³-hybridized carbons (Fsp3) is 0.769. The van der Waals surface area contributed by atoms with Crippen molar-refractivity contribution in [3.8, 4) is 0 Å². The number of thiazole rings is 1. The molecule has 5 heteroatoms. The second-order valence-electron chi connectivity index (χ2n) is 5.11. The average Bonchev–Trinajstić information content (AvgIpc) is 2.72. The minimum Gasteiger partial charge on any atom is -0.297 e. The van der Waals surface area contributed by atoms with Crippen LogP contribution >= 0.6 is 11.3 Å². The van der Waals surface area contributed by atoms with Gasteiger partial charge in [0.15, 0.2) is 0 Å². The first-order valence-corrected chi connectivity index (χ1v) is 7.45. The maximum atomic E-state index is 5.76. The zero-order valence-corrected chi connectivity index (χ0v) is 13.0. The first kappa shape index (κ1) is 15.6. The Morgan fingerprint density at radius 3 is 2.44 bits per heavy atom. The van der Waals surface area contributed by atoms with Crippen LogP contribution in [-0.4, -0.2) is 34.6 Å². The number of likely N-dealkylation sites (N-methyl/N-ethyl adjacent to an activating group) is 1. The van der Waals surface area contributed by atoms with Crippen LogP contribution in [0.3, 0.4) is 0 Å². The lowest BCUT2D eigenvalue weighted by Gasteiger charge is -2.43. The largest absolute Gasteiger partial charge is 0.297 e. The summed E-state index contributed by atoms with van der Waals surface area (Å²) in [4.78, 5) is 6.95. The van der Waals surface area contributed by atoms with Crippen molar-refractivity contribution in [3.05, 3.63) is 16.1 Å². The molecule has 0 saturated carbocycles. The third-order valence-electron chi connectivity index (χ3n) is 3.71. The predicted octanol–water partition coefficient (Wildman–Crippen LogP) is 1.95. The van der Waals surface area contributed by atoms with Gasteiger partial charge in [0, 0.05) is 23.4 Å². The van der Waals surface area contributed by atoms with E-state index in [0.29, 0.717) is 0 Å². The molecule has 0 aliphatic rings. The highest BCUT2D eigenvalue weighted by Gasteiger charge is 2.33. The van der Waals surface area contributed by atoms with Gasteiger partial charge in [-0.05, 0) is 33.9 Å². The number of nitrogens with one attached hydrogen (secondary N) is 1. The maximum Gasteiger partial charge on any atom is 0.0897 e. The fourth-order valence-corrected chi connectivity index (χ4v) is 3.11. The quantitative estimate of drug-likeness (QED) is 0.587. The van der Waals surface area contributed by atoms with Gasteiger partial charge >= 0.3 is 0 Å². The molecule has 0 aliphatic heterocycles. The van der Waals surface area contributed by atoms with E-state index in [1.54, 1.807) is 11.3 Å². The summed E-state index contributed by atoms with van der Waals surface area (Å²) < 4.78 is 0. The monoisotopic (exact) mass is 270 g/mol. The van der Waals surface area contributed by atoms with Crippen LogP contribution in [0.2, 0.25) is 0 Å². The Kier molecular flexibility index (Phi) is 5.72. The van der Waals surface area contributed by atoms with Gasteiger partial charge in [-0.3, -0.25) is 16.2 Å². The molecule has 0 aromatic carbocycles. The van der Waals surface area contributed by atoms with Crippen LogP contribution in [0, 0.1) is 6.92 Å². The number of aromatic nitrogens is 1. The Morgan fingerprint density at radius 2 is 2.06 bits per heavy atom. The van der Waals surface area contributed by atoms with E-state index in [0.717, 1.165) is 30.2 Å². The van der Waals surface area contributed by atoms with Gasteiger partial charge in [-0.1, -0.05) is 13.8 Å². The minimum absolute atomic E-state index is 0.00969. The number of hydrogen-bond donors (Lipinski definition) is 2. The molecule has 3 N–H and O–H groups in total.